The molecule has 12 heteroatoms. The van der Waals surface area contributed by atoms with E-state index in [1.165, 1.54) is 35.5 Å². The lowest BCUT2D eigenvalue weighted by atomic mass is 10.0. The predicted octanol–water partition coefficient (Wildman–Crippen LogP) is 0.423. The number of amides is 1. The largest absolute Gasteiger partial charge is 0.477 e. The molecule has 1 fully saturated rings. The van der Waals surface area contributed by atoms with Crippen molar-refractivity contribution in [2.75, 3.05) is 18.6 Å². The number of fused-ring (bicyclic) bond motifs is 2. The number of carbonyl (C=O) groups excluding carboxylic acids is 1. The third kappa shape index (κ3) is 2.83. The van der Waals surface area contributed by atoms with Crippen LogP contribution in [0.5, 0.6) is 6.01 Å². The summed E-state index contributed by atoms with van der Waals surface area (Å²) in [4.78, 5) is 33.8. The molecular weight excluding hydrogens is 404 g/mol. The Morgan fingerprint density at radius 3 is 2.86 bits per heavy atom. The Kier molecular flexibility index (Phi) is 4.71. The highest BCUT2D eigenvalue weighted by Crippen LogP contribution is 2.41. The summed E-state index contributed by atoms with van der Waals surface area (Å²) in [6.07, 6.45) is 0. The molecule has 0 saturated carbocycles. The summed E-state index contributed by atoms with van der Waals surface area (Å²) in [5.74, 6) is -0.157. The van der Waals surface area contributed by atoms with Gasteiger partial charge in [-0.1, -0.05) is 0 Å². The van der Waals surface area contributed by atoms with Crippen LogP contribution in [-0.2, 0) is 9.59 Å². The first-order valence-corrected chi connectivity index (χ1v) is 10.4. The Morgan fingerprint density at radius 1 is 1.43 bits per heavy atom. The van der Waals surface area contributed by atoms with Crippen LogP contribution in [0.25, 0.3) is 5.78 Å². The molecule has 2 aliphatic heterocycles. The van der Waals surface area contributed by atoms with Gasteiger partial charge in [-0.05, 0) is 19.4 Å². The third-order valence-corrected chi connectivity index (χ3v) is 7.36. The molecule has 0 spiro atoms. The molecule has 10 nitrogen and oxygen atoms in total. The van der Waals surface area contributed by atoms with E-state index in [0.29, 0.717) is 22.9 Å². The molecule has 0 aromatic carbocycles. The van der Waals surface area contributed by atoms with Crippen LogP contribution in [0.15, 0.2) is 16.3 Å². The van der Waals surface area contributed by atoms with Crippen molar-refractivity contribution in [3.63, 3.8) is 0 Å². The minimum absolute atomic E-state index is 0.0406. The molecule has 2 aromatic heterocycles. The van der Waals surface area contributed by atoms with E-state index in [0.717, 1.165) is 16.3 Å². The van der Waals surface area contributed by atoms with Gasteiger partial charge in [-0.15, -0.1) is 28.6 Å². The van der Waals surface area contributed by atoms with Gasteiger partial charge in [-0.2, -0.15) is 9.50 Å². The fraction of sp³-hybridized carbons (Fsp3) is 0.438. The molecule has 2 aliphatic rings. The number of rotatable bonds is 5. The highest BCUT2D eigenvalue weighted by Gasteiger charge is 2.51. The molecule has 0 aliphatic carbocycles. The molecule has 2 atom stereocenters. The van der Waals surface area contributed by atoms with Crippen molar-refractivity contribution in [1.82, 2.24) is 24.5 Å². The number of carboxylic acids is 1. The first kappa shape index (κ1) is 19.0. The van der Waals surface area contributed by atoms with Crippen molar-refractivity contribution in [1.29, 1.82) is 0 Å². The lowest BCUT2D eigenvalue weighted by molar-refractivity contribution is -0.147. The van der Waals surface area contributed by atoms with Gasteiger partial charge in [0.05, 0.1) is 7.11 Å². The van der Waals surface area contributed by atoms with E-state index in [-0.39, 0.29) is 23.0 Å². The van der Waals surface area contributed by atoms with Crippen LogP contribution in [0.3, 0.4) is 0 Å². The van der Waals surface area contributed by atoms with Gasteiger partial charge >= 0.3 is 12.0 Å². The summed E-state index contributed by atoms with van der Waals surface area (Å²) < 4.78 is 6.69. The van der Waals surface area contributed by atoms with Crippen LogP contribution in [-0.4, -0.2) is 71.5 Å². The minimum atomic E-state index is -1.11. The van der Waals surface area contributed by atoms with Gasteiger partial charge in [-0.3, -0.25) is 9.69 Å². The number of aryl methyl sites for hydroxylation is 1. The maximum atomic E-state index is 12.1. The lowest BCUT2D eigenvalue weighted by Gasteiger charge is -2.48. The Labute approximate surface area is 168 Å². The summed E-state index contributed by atoms with van der Waals surface area (Å²) in [5.41, 5.74) is 8.24. The number of aliphatic carboxylic acids is 1. The molecule has 3 N–H and O–H groups in total. The zero-order chi connectivity index (χ0) is 20.2. The number of thioether (sulfide) groups is 2. The van der Waals surface area contributed by atoms with E-state index in [4.69, 9.17) is 10.5 Å². The standard InChI is InChI=1S/C16H18N6O4S2/c1-6-7(2)18-15-19-16(26-3)20-22(15)12(6)27-4-8-5-28-13-9(17)11(23)21(13)10(8)14(24)25/h9,13H,4-5,17H2,1-3H3,(H,24,25)/t9?,13-/m1/s1. The van der Waals surface area contributed by atoms with E-state index in [2.05, 4.69) is 15.1 Å². The Balaban J connectivity index is 1.69. The number of hydrogen-bond donors (Lipinski definition) is 2. The zero-order valence-electron chi connectivity index (χ0n) is 15.4. The van der Waals surface area contributed by atoms with Crippen molar-refractivity contribution in [3.8, 4) is 6.01 Å². The summed E-state index contributed by atoms with van der Waals surface area (Å²) in [6.45, 7) is 3.80. The topological polar surface area (TPSA) is 136 Å². The van der Waals surface area contributed by atoms with Crippen LogP contribution < -0.4 is 10.5 Å². The Bertz CT molecular complexity index is 1040. The molecule has 4 heterocycles. The average Bonchev–Trinajstić information content (AvgIpc) is 3.09. The summed E-state index contributed by atoms with van der Waals surface area (Å²) in [7, 11) is 1.48. The summed E-state index contributed by atoms with van der Waals surface area (Å²) in [5, 5.41) is 14.5. The van der Waals surface area contributed by atoms with Gasteiger partial charge in [0, 0.05) is 22.8 Å². The van der Waals surface area contributed by atoms with Crippen LogP contribution in [0.1, 0.15) is 11.3 Å². The second kappa shape index (κ2) is 6.94. The molecule has 148 valence electrons. The first-order valence-electron chi connectivity index (χ1n) is 8.39. The Morgan fingerprint density at radius 2 is 2.18 bits per heavy atom. The zero-order valence-corrected chi connectivity index (χ0v) is 17.0. The minimum Gasteiger partial charge on any atom is -0.477 e. The second-order valence-electron chi connectivity index (χ2n) is 6.42. The monoisotopic (exact) mass is 422 g/mol. The Hall–Kier alpha value is -2.31. The van der Waals surface area contributed by atoms with Crippen molar-refractivity contribution >= 4 is 41.2 Å². The van der Waals surface area contributed by atoms with Crippen molar-refractivity contribution in [2.24, 2.45) is 5.73 Å². The number of carboxylic acid groups (broad SMARTS) is 1. The number of aromatic nitrogens is 4. The normalized spacial score (nSPS) is 21.7. The second-order valence-corrected chi connectivity index (χ2v) is 8.49. The van der Waals surface area contributed by atoms with E-state index < -0.39 is 12.0 Å². The highest BCUT2D eigenvalue weighted by molar-refractivity contribution is 8.01. The number of carbonyl (C=O) groups is 2. The highest BCUT2D eigenvalue weighted by atomic mass is 32.2. The maximum Gasteiger partial charge on any atom is 0.352 e. The molecular formula is C16H18N6O4S2. The number of methoxy groups -OCH3 is 1. The molecule has 1 amide bonds. The lowest BCUT2D eigenvalue weighted by Crippen LogP contribution is -2.68. The summed E-state index contributed by atoms with van der Waals surface area (Å²) >= 11 is 2.92. The quantitative estimate of drug-likeness (QED) is 0.396. The SMILES string of the molecule is COc1nc2nc(C)c(C)c(SCC3=C(C(=O)O)N4C(=O)C(N)[C@H]4SC3)n2n1. The maximum absolute atomic E-state index is 12.1. The number of β-lactam (4-membered cyclic amide) rings is 1. The fourth-order valence-electron chi connectivity index (χ4n) is 3.14. The van der Waals surface area contributed by atoms with Crippen LogP contribution in [0, 0.1) is 13.8 Å². The van der Waals surface area contributed by atoms with Gasteiger partial charge in [-0.25, -0.2) is 9.78 Å². The van der Waals surface area contributed by atoms with Crippen LogP contribution in [0.2, 0.25) is 0 Å². The smallest absolute Gasteiger partial charge is 0.352 e. The van der Waals surface area contributed by atoms with E-state index >= 15 is 0 Å². The van der Waals surface area contributed by atoms with Crippen molar-refractivity contribution in [3.05, 3.63) is 22.5 Å². The molecule has 0 bridgehead atoms. The van der Waals surface area contributed by atoms with Gasteiger partial charge < -0.3 is 15.6 Å². The predicted molar refractivity (Wildman–Crippen MR) is 103 cm³/mol. The van der Waals surface area contributed by atoms with Gasteiger partial charge in [0.1, 0.15) is 22.1 Å². The number of nitrogens with two attached hydrogens (primary N) is 1. The van der Waals surface area contributed by atoms with Crippen molar-refractivity contribution < 1.29 is 19.4 Å². The summed E-state index contributed by atoms with van der Waals surface area (Å²) in [6, 6.07) is -0.429. The van der Waals surface area contributed by atoms with E-state index in [1.807, 2.05) is 13.8 Å². The van der Waals surface area contributed by atoms with Gasteiger partial charge in [0.15, 0.2) is 0 Å². The third-order valence-electron chi connectivity index (χ3n) is 4.75. The molecule has 4 rings (SSSR count). The first-order chi connectivity index (χ1) is 13.3. The van der Waals surface area contributed by atoms with E-state index in [1.54, 1.807) is 4.52 Å². The van der Waals surface area contributed by atoms with Crippen molar-refractivity contribution in [2.45, 2.75) is 30.3 Å². The molecule has 2 aromatic rings. The van der Waals surface area contributed by atoms with Crippen LogP contribution in [0.4, 0.5) is 0 Å². The number of ether oxygens (including phenoxy) is 1. The average molecular weight is 422 g/mol. The van der Waals surface area contributed by atoms with E-state index in [9.17, 15) is 14.7 Å². The van der Waals surface area contributed by atoms with Gasteiger partial charge in [0.25, 0.3) is 5.78 Å². The van der Waals surface area contributed by atoms with Gasteiger partial charge in [0.2, 0.25) is 5.91 Å². The fourth-order valence-corrected chi connectivity index (χ4v) is 5.72. The number of hydrogen-bond acceptors (Lipinski definition) is 9. The molecule has 1 unspecified atom stereocenters. The number of nitrogens with zero attached hydrogens (tertiary/aromatic N) is 5. The molecule has 1 saturated heterocycles. The van der Waals surface area contributed by atoms with Crippen LogP contribution >= 0.6 is 23.5 Å². The molecule has 0 radical (unpaired) electrons. The molecule has 28 heavy (non-hydrogen) atoms.